The van der Waals surface area contributed by atoms with Gasteiger partial charge in [0.25, 0.3) is 0 Å². The van der Waals surface area contributed by atoms with Crippen LogP contribution in [0.25, 0.3) is 0 Å². The second-order valence-corrected chi connectivity index (χ2v) is 5.28. The number of thioether (sulfide) groups is 1. The van der Waals surface area contributed by atoms with E-state index in [2.05, 4.69) is 11.4 Å². The van der Waals surface area contributed by atoms with E-state index in [9.17, 15) is 0 Å². The Morgan fingerprint density at radius 3 is 3.12 bits per heavy atom. The number of benzene rings is 1. The van der Waals surface area contributed by atoms with E-state index in [1.165, 1.54) is 17.9 Å². The third-order valence-corrected chi connectivity index (χ3v) is 4.18. The van der Waals surface area contributed by atoms with Crippen LogP contribution in [0.5, 0.6) is 5.75 Å². The van der Waals surface area contributed by atoms with Crippen LogP contribution in [0.4, 0.5) is 5.69 Å². The van der Waals surface area contributed by atoms with E-state index in [1.54, 1.807) is 13.2 Å². The molecule has 0 spiro atoms. The van der Waals surface area contributed by atoms with Crippen LogP contribution in [0.2, 0.25) is 0 Å². The van der Waals surface area contributed by atoms with Gasteiger partial charge < -0.3 is 10.1 Å². The summed E-state index contributed by atoms with van der Waals surface area (Å²) in [5.41, 5.74) is 1.56. The molecule has 17 heavy (non-hydrogen) atoms. The maximum Gasteiger partial charge on any atom is 0.121 e. The Kier molecular flexibility index (Phi) is 4.16. The molecule has 1 saturated heterocycles. The number of nitrogens with one attached hydrogen (secondary N) is 1. The lowest BCUT2D eigenvalue weighted by atomic mass is 10.1. The Labute approximate surface area is 106 Å². The van der Waals surface area contributed by atoms with Gasteiger partial charge in [0, 0.05) is 12.6 Å². The second kappa shape index (κ2) is 5.83. The second-order valence-electron chi connectivity index (χ2n) is 4.13. The zero-order valence-electron chi connectivity index (χ0n) is 9.90. The van der Waals surface area contributed by atoms with Crippen molar-refractivity contribution in [3.8, 4) is 11.8 Å². The van der Waals surface area contributed by atoms with Crippen LogP contribution in [-0.2, 0) is 0 Å². The molecule has 0 aliphatic carbocycles. The first-order valence-electron chi connectivity index (χ1n) is 5.73. The minimum Gasteiger partial charge on any atom is -0.497 e. The van der Waals surface area contributed by atoms with Gasteiger partial charge in [-0.15, -0.1) is 0 Å². The van der Waals surface area contributed by atoms with Crippen LogP contribution in [0.1, 0.15) is 12.0 Å². The molecular weight excluding hydrogens is 232 g/mol. The zero-order valence-corrected chi connectivity index (χ0v) is 10.7. The number of rotatable bonds is 4. The number of anilines is 1. The number of hydrogen-bond donors (Lipinski definition) is 1. The molecule has 1 aliphatic heterocycles. The van der Waals surface area contributed by atoms with Crippen LogP contribution in [-0.4, -0.2) is 25.2 Å². The normalized spacial score (nSPS) is 18.7. The molecule has 1 aromatic rings. The molecule has 0 amide bonds. The highest BCUT2D eigenvalue weighted by molar-refractivity contribution is 7.99. The number of nitrogens with zero attached hydrogens (tertiary/aromatic N) is 1. The third-order valence-electron chi connectivity index (χ3n) is 2.95. The topological polar surface area (TPSA) is 45.0 Å². The van der Waals surface area contributed by atoms with Gasteiger partial charge >= 0.3 is 0 Å². The zero-order chi connectivity index (χ0) is 12.1. The molecule has 1 heterocycles. The summed E-state index contributed by atoms with van der Waals surface area (Å²) in [4.78, 5) is 0. The van der Waals surface area contributed by atoms with Gasteiger partial charge in [-0.2, -0.15) is 17.0 Å². The van der Waals surface area contributed by atoms with E-state index >= 15 is 0 Å². The van der Waals surface area contributed by atoms with Crippen molar-refractivity contribution in [2.24, 2.45) is 5.92 Å². The molecule has 0 bridgehead atoms. The predicted octanol–water partition coefficient (Wildman–Crippen LogP) is 2.73. The van der Waals surface area contributed by atoms with E-state index in [0.717, 1.165) is 23.9 Å². The van der Waals surface area contributed by atoms with Crippen molar-refractivity contribution < 1.29 is 4.74 Å². The molecule has 0 aromatic heterocycles. The van der Waals surface area contributed by atoms with E-state index in [1.807, 2.05) is 23.9 Å². The SMILES string of the molecule is COc1ccc(C#N)c(NCC2CCSC2)c1. The van der Waals surface area contributed by atoms with Gasteiger partial charge in [-0.05, 0) is 36.0 Å². The fraction of sp³-hybridized carbons (Fsp3) is 0.462. The summed E-state index contributed by atoms with van der Waals surface area (Å²) in [6.07, 6.45) is 1.27. The van der Waals surface area contributed by atoms with Crippen molar-refractivity contribution in [2.75, 3.05) is 30.5 Å². The summed E-state index contributed by atoms with van der Waals surface area (Å²) in [7, 11) is 1.64. The van der Waals surface area contributed by atoms with E-state index in [0.29, 0.717) is 5.56 Å². The molecular formula is C13H16N2OS. The molecule has 1 unspecified atom stereocenters. The average molecular weight is 248 g/mol. The van der Waals surface area contributed by atoms with Crippen LogP contribution in [0.3, 0.4) is 0 Å². The largest absolute Gasteiger partial charge is 0.497 e. The maximum absolute atomic E-state index is 9.04. The monoisotopic (exact) mass is 248 g/mol. The van der Waals surface area contributed by atoms with Crippen LogP contribution >= 0.6 is 11.8 Å². The summed E-state index contributed by atoms with van der Waals surface area (Å²) >= 11 is 2.01. The highest BCUT2D eigenvalue weighted by Gasteiger charge is 2.15. The molecule has 1 aliphatic rings. The van der Waals surface area contributed by atoms with Gasteiger partial charge in [-0.25, -0.2) is 0 Å². The smallest absolute Gasteiger partial charge is 0.121 e. The van der Waals surface area contributed by atoms with Crippen molar-refractivity contribution in [3.05, 3.63) is 23.8 Å². The number of ether oxygens (including phenoxy) is 1. The molecule has 4 heteroatoms. The van der Waals surface area contributed by atoms with Gasteiger partial charge in [0.15, 0.2) is 0 Å². The Hall–Kier alpha value is -1.34. The summed E-state index contributed by atoms with van der Waals surface area (Å²) < 4.78 is 5.17. The molecule has 1 fully saturated rings. The average Bonchev–Trinajstić information content (AvgIpc) is 2.89. The summed E-state index contributed by atoms with van der Waals surface area (Å²) in [5, 5.41) is 12.4. The number of hydrogen-bond acceptors (Lipinski definition) is 4. The molecule has 3 nitrogen and oxygen atoms in total. The van der Waals surface area contributed by atoms with Crippen molar-refractivity contribution in [2.45, 2.75) is 6.42 Å². The van der Waals surface area contributed by atoms with Crippen molar-refractivity contribution >= 4 is 17.4 Å². The molecule has 2 rings (SSSR count). The van der Waals surface area contributed by atoms with Crippen molar-refractivity contribution in [3.63, 3.8) is 0 Å². The maximum atomic E-state index is 9.04. The highest BCUT2D eigenvalue weighted by atomic mass is 32.2. The summed E-state index contributed by atoms with van der Waals surface area (Å²) in [5.74, 6) is 3.99. The lowest BCUT2D eigenvalue weighted by Gasteiger charge is -2.13. The van der Waals surface area contributed by atoms with E-state index < -0.39 is 0 Å². The number of nitriles is 1. The van der Waals surface area contributed by atoms with E-state index in [4.69, 9.17) is 10.00 Å². The molecule has 1 N–H and O–H groups in total. The number of methoxy groups -OCH3 is 1. The van der Waals surface area contributed by atoms with Crippen LogP contribution in [0, 0.1) is 17.2 Å². The lowest BCUT2D eigenvalue weighted by molar-refractivity contribution is 0.415. The fourth-order valence-electron chi connectivity index (χ4n) is 1.89. The standard InChI is InChI=1S/C13H16N2OS/c1-16-12-3-2-11(7-14)13(6-12)15-8-10-4-5-17-9-10/h2-3,6,10,15H,4-5,8-9H2,1H3. The Morgan fingerprint density at radius 1 is 1.59 bits per heavy atom. The van der Waals surface area contributed by atoms with Gasteiger partial charge in [0.2, 0.25) is 0 Å². The minimum atomic E-state index is 0.677. The fourth-order valence-corrected chi connectivity index (χ4v) is 3.18. The summed E-state index contributed by atoms with van der Waals surface area (Å²) in [6.45, 7) is 0.939. The Morgan fingerprint density at radius 2 is 2.47 bits per heavy atom. The summed E-state index contributed by atoms with van der Waals surface area (Å²) in [6, 6.07) is 7.70. The van der Waals surface area contributed by atoms with Gasteiger partial charge in [-0.1, -0.05) is 0 Å². The lowest BCUT2D eigenvalue weighted by Crippen LogP contribution is -2.14. The highest BCUT2D eigenvalue weighted by Crippen LogP contribution is 2.26. The van der Waals surface area contributed by atoms with Gasteiger partial charge in [-0.3, -0.25) is 0 Å². The predicted molar refractivity (Wildman–Crippen MR) is 71.6 cm³/mol. The third kappa shape index (κ3) is 3.07. The Bertz CT molecular complexity index is 422. The van der Waals surface area contributed by atoms with Crippen LogP contribution in [0.15, 0.2) is 18.2 Å². The molecule has 90 valence electrons. The Balaban J connectivity index is 2.04. The first-order valence-corrected chi connectivity index (χ1v) is 6.88. The quantitative estimate of drug-likeness (QED) is 0.890. The van der Waals surface area contributed by atoms with Gasteiger partial charge in [0.05, 0.1) is 18.4 Å². The first kappa shape index (κ1) is 12.1. The molecule has 0 saturated carbocycles. The molecule has 1 atom stereocenters. The van der Waals surface area contributed by atoms with Crippen molar-refractivity contribution in [1.29, 1.82) is 5.26 Å². The van der Waals surface area contributed by atoms with Crippen molar-refractivity contribution in [1.82, 2.24) is 0 Å². The molecule has 0 radical (unpaired) electrons. The van der Waals surface area contributed by atoms with Crippen LogP contribution < -0.4 is 10.1 Å². The molecule has 1 aromatic carbocycles. The first-order chi connectivity index (χ1) is 8.33. The van der Waals surface area contributed by atoms with Gasteiger partial charge in [0.1, 0.15) is 11.8 Å². The van der Waals surface area contributed by atoms with E-state index in [-0.39, 0.29) is 0 Å². The minimum absolute atomic E-state index is 0.677.